The van der Waals surface area contributed by atoms with Crippen LogP contribution in [0.15, 0.2) is 0 Å². The Hall–Kier alpha value is -0.610. The maximum absolute atomic E-state index is 12.2. The lowest BCUT2D eigenvalue weighted by Crippen LogP contribution is -2.41. The molecule has 0 spiro atoms. The van der Waals surface area contributed by atoms with Crippen LogP contribution in [0.2, 0.25) is 0 Å². The lowest BCUT2D eigenvalue weighted by molar-refractivity contribution is -0.160. The molecule has 0 amide bonds. The summed E-state index contributed by atoms with van der Waals surface area (Å²) >= 11 is 0. The molecule has 4 nitrogen and oxygen atoms in total. The Kier molecular flexibility index (Phi) is 4.85. The second kappa shape index (κ2) is 6.23. The number of hydrogen-bond donors (Lipinski definition) is 0. The van der Waals surface area contributed by atoms with Crippen LogP contribution in [-0.4, -0.2) is 48.3 Å². The Balaban J connectivity index is 1.80. The normalized spacial score (nSPS) is 28.8. The number of esters is 1. The molecular weight excluding hydrogens is 242 g/mol. The van der Waals surface area contributed by atoms with Crippen molar-refractivity contribution in [3.63, 3.8) is 0 Å². The van der Waals surface area contributed by atoms with Gasteiger partial charge in [0.1, 0.15) is 11.6 Å². The zero-order chi connectivity index (χ0) is 13.9. The summed E-state index contributed by atoms with van der Waals surface area (Å²) in [4.78, 5) is 14.4. The first kappa shape index (κ1) is 14.8. The van der Waals surface area contributed by atoms with Crippen LogP contribution in [0, 0.1) is 0 Å². The third-order valence-electron chi connectivity index (χ3n) is 3.80. The molecule has 0 bridgehead atoms. The topological polar surface area (TPSA) is 38.8 Å². The molecule has 0 N–H and O–H groups in total. The molecule has 0 saturated carbocycles. The molecule has 4 heteroatoms. The van der Waals surface area contributed by atoms with Gasteiger partial charge in [0.15, 0.2) is 0 Å². The number of carbonyl (C=O) groups is 1. The Morgan fingerprint density at radius 1 is 1.32 bits per heavy atom. The van der Waals surface area contributed by atoms with Gasteiger partial charge in [-0.15, -0.1) is 0 Å². The minimum Gasteiger partial charge on any atom is -0.459 e. The highest BCUT2D eigenvalue weighted by Gasteiger charge is 2.34. The van der Waals surface area contributed by atoms with Gasteiger partial charge in [0.25, 0.3) is 0 Å². The maximum atomic E-state index is 12.2. The van der Waals surface area contributed by atoms with Crippen LogP contribution in [0.5, 0.6) is 0 Å². The Labute approximate surface area is 116 Å². The van der Waals surface area contributed by atoms with Crippen molar-refractivity contribution >= 4 is 5.97 Å². The third-order valence-corrected chi connectivity index (χ3v) is 3.80. The SMILES string of the molecule is CC(C)(C)OC(=O)[C@@H]1CCCN1CCC1CCCO1. The maximum Gasteiger partial charge on any atom is 0.323 e. The van der Waals surface area contributed by atoms with Crippen LogP contribution in [0.25, 0.3) is 0 Å². The lowest BCUT2D eigenvalue weighted by atomic mass is 10.1. The molecule has 2 aliphatic heterocycles. The number of rotatable bonds is 4. The molecule has 0 aromatic carbocycles. The van der Waals surface area contributed by atoms with E-state index in [-0.39, 0.29) is 17.6 Å². The highest BCUT2D eigenvalue weighted by molar-refractivity contribution is 5.76. The van der Waals surface area contributed by atoms with Gasteiger partial charge in [0, 0.05) is 13.2 Å². The first-order valence-corrected chi connectivity index (χ1v) is 7.54. The fraction of sp³-hybridized carbons (Fsp3) is 0.933. The average molecular weight is 269 g/mol. The number of nitrogens with zero attached hydrogens (tertiary/aromatic N) is 1. The monoisotopic (exact) mass is 269 g/mol. The molecule has 2 fully saturated rings. The number of hydrogen-bond acceptors (Lipinski definition) is 4. The van der Waals surface area contributed by atoms with E-state index in [2.05, 4.69) is 4.90 Å². The van der Waals surface area contributed by atoms with E-state index in [0.29, 0.717) is 6.10 Å². The van der Waals surface area contributed by atoms with E-state index in [1.807, 2.05) is 20.8 Å². The van der Waals surface area contributed by atoms with Gasteiger partial charge in [-0.25, -0.2) is 0 Å². The zero-order valence-corrected chi connectivity index (χ0v) is 12.5. The summed E-state index contributed by atoms with van der Waals surface area (Å²) < 4.78 is 11.2. The molecule has 2 aliphatic rings. The van der Waals surface area contributed by atoms with Crippen LogP contribution in [0.3, 0.4) is 0 Å². The summed E-state index contributed by atoms with van der Waals surface area (Å²) in [5, 5.41) is 0. The molecule has 110 valence electrons. The van der Waals surface area contributed by atoms with Gasteiger partial charge in [0.2, 0.25) is 0 Å². The first-order chi connectivity index (χ1) is 8.96. The number of ether oxygens (including phenoxy) is 2. The molecule has 2 heterocycles. The summed E-state index contributed by atoms with van der Waals surface area (Å²) in [6.07, 6.45) is 5.82. The highest BCUT2D eigenvalue weighted by Crippen LogP contribution is 2.23. The fourth-order valence-electron chi connectivity index (χ4n) is 2.91. The lowest BCUT2D eigenvalue weighted by Gasteiger charge is -2.27. The number of carbonyl (C=O) groups excluding carboxylic acids is 1. The van der Waals surface area contributed by atoms with Crippen molar-refractivity contribution in [2.45, 2.75) is 70.6 Å². The Morgan fingerprint density at radius 3 is 2.74 bits per heavy atom. The summed E-state index contributed by atoms with van der Waals surface area (Å²) in [6, 6.07) is -0.0411. The van der Waals surface area contributed by atoms with Crippen molar-refractivity contribution in [3.05, 3.63) is 0 Å². The second-order valence-corrected chi connectivity index (χ2v) is 6.65. The predicted octanol–water partition coefficient (Wildman–Crippen LogP) is 2.36. The van der Waals surface area contributed by atoms with Gasteiger partial charge < -0.3 is 9.47 Å². The van der Waals surface area contributed by atoms with Crippen molar-refractivity contribution < 1.29 is 14.3 Å². The van der Waals surface area contributed by atoms with Crippen molar-refractivity contribution in [1.82, 2.24) is 4.90 Å². The zero-order valence-electron chi connectivity index (χ0n) is 12.5. The van der Waals surface area contributed by atoms with E-state index in [9.17, 15) is 4.79 Å². The van der Waals surface area contributed by atoms with Crippen LogP contribution < -0.4 is 0 Å². The van der Waals surface area contributed by atoms with Gasteiger partial charge in [-0.3, -0.25) is 9.69 Å². The molecule has 19 heavy (non-hydrogen) atoms. The van der Waals surface area contributed by atoms with E-state index in [4.69, 9.17) is 9.47 Å². The van der Waals surface area contributed by atoms with Crippen molar-refractivity contribution in [2.75, 3.05) is 19.7 Å². The summed E-state index contributed by atoms with van der Waals surface area (Å²) in [7, 11) is 0. The molecule has 2 saturated heterocycles. The molecule has 0 radical (unpaired) electrons. The highest BCUT2D eigenvalue weighted by atomic mass is 16.6. The minimum atomic E-state index is -0.389. The Morgan fingerprint density at radius 2 is 2.11 bits per heavy atom. The molecule has 2 rings (SSSR count). The molecule has 2 atom stereocenters. The van der Waals surface area contributed by atoms with Crippen molar-refractivity contribution in [1.29, 1.82) is 0 Å². The molecule has 1 unspecified atom stereocenters. The Bertz CT molecular complexity index is 305. The largest absolute Gasteiger partial charge is 0.459 e. The van der Waals surface area contributed by atoms with Crippen molar-refractivity contribution in [3.8, 4) is 0 Å². The van der Waals surface area contributed by atoms with Crippen LogP contribution in [-0.2, 0) is 14.3 Å². The van der Waals surface area contributed by atoms with Crippen molar-refractivity contribution in [2.24, 2.45) is 0 Å². The predicted molar refractivity (Wildman–Crippen MR) is 74.0 cm³/mol. The van der Waals surface area contributed by atoms with Gasteiger partial charge in [0.05, 0.1) is 6.10 Å². The smallest absolute Gasteiger partial charge is 0.323 e. The molecule has 0 aromatic heterocycles. The number of likely N-dealkylation sites (tertiary alicyclic amines) is 1. The summed E-state index contributed by atoms with van der Waals surface area (Å²) in [5.41, 5.74) is -0.389. The quantitative estimate of drug-likeness (QED) is 0.734. The van der Waals surface area contributed by atoms with E-state index in [1.54, 1.807) is 0 Å². The van der Waals surface area contributed by atoms with Crippen LogP contribution >= 0.6 is 0 Å². The first-order valence-electron chi connectivity index (χ1n) is 7.54. The van der Waals surface area contributed by atoms with E-state index < -0.39 is 0 Å². The minimum absolute atomic E-state index is 0.0411. The molecule has 0 aliphatic carbocycles. The van der Waals surface area contributed by atoms with Gasteiger partial charge >= 0.3 is 5.97 Å². The summed E-state index contributed by atoms with van der Waals surface area (Å²) in [6.45, 7) is 8.65. The molecule has 0 aromatic rings. The van der Waals surface area contributed by atoms with E-state index >= 15 is 0 Å². The van der Waals surface area contributed by atoms with Gasteiger partial charge in [-0.1, -0.05) is 0 Å². The summed E-state index contributed by atoms with van der Waals surface area (Å²) in [5.74, 6) is -0.0580. The van der Waals surface area contributed by atoms with Crippen LogP contribution in [0.1, 0.15) is 52.9 Å². The van der Waals surface area contributed by atoms with Gasteiger partial charge in [-0.2, -0.15) is 0 Å². The average Bonchev–Trinajstić information content (AvgIpc) is 2.95. The standard InChI is InChI=1S/C15H27NO3/c1-15(2,3)19-14(17)13-7-4-9-16(13)10-8-12-6-5-11-18-12/h12-13H,4-11H2,1-3H3/t12?,13-/m0/s1. The second-order valence-electron chi connectivity index (χ2n) is 6.65. The van der Waals surface area contributed by atoms with E-state index in [1.165, 1.54) is 12.8 Å². The van der Waals surface area contributed by atoms with Gasteiger partial charge in [-0.05, 0) is 59.4 Å². The third kappa shape index (κ3) is 4.46. The van der Waals surface area contributed by atoms with Crippen LogP contribution in [0.4, 0.5) is 0 Å². The molecular formula is C15H27NO3. The fourth-order valence-corrected chi connectivity index (χ4v) is 2.91. The van der Waals surface area contributed by atoms with E-state index in [0.717, 1.165) is 39.0 Å².